The van der Waals surface area contributed by atoms with Crippen molar-refractivity contribution in [3.63, 3.8) is 0 Å². The molecule has 8 nitrogen and oxygen atoms in total. The number of nitro benzene ring substituents is 1. The van der Waals surface area contributed by atoms with E-state index in [2.05, 4.69) is 4.74 Å². The molecule has 0 unspecified atom stereocenters. The lowest BCUT2D eigenvalue weighted by Gasteiger charge is -2.11. The molecule has 0 spiro atoms. The van der Waals surface area contributed by atoms with Gasteiger partial charge in [-0.2, -0.15) is 0 Å². The smallest absolute Gasteiger partial charge is 0.307 e. The van der Waals surface area contributed by atoms with Crippen molar-refractivity contribution in [1.29, 1.82) is 0 Å². The fourth-order valence-electron chi connectivity index (χ4n) is 1.77. The molecule has 0 bridgehead atoms. The predicted molar refractivity (Wildman–Crippen MR) is 62.8 cm³/mol. The summed E-state index contributed by atoms with van der Waals surface area (Å²) in [6, 6.07) is 1.82. The first kappa shape index (κ1) is 13.1. The number of nitrogens with two attached hydrogens (primary N) is 1. The molecule has 1 atom stereocenters. The van der Waals surface area contributed by atoms with E-state index in [1.807, 2.05) is 0 Å². The summed E-state index contributed by atoms with van der Waals surface area (Å²) in [7, 11) is 1.23. The van der Waals surface area contributed by atoms with E-state index in [0.717, 1.165) is 0 Å². The predicted octanol–water partition coefficient (Wildman–Crippen LogP) is 0.886. The molecule has 1 aromatic rings. The molecule has 0 aromatic heterocycles. The second kappa shape index (κ2) is 5.11. The minimum atomic E-state index is -0.845. The molecule has 1 heterocycles. The number of methoxy groups -OCH3 is 1. The van der Waals surface area contributed by atoms with E-state index < -0.39 is 16.9 Å². The normalized spacial score (nSPS) is 14.0. The quantitative estimate of drug-likeness (QED) is 0.489. The molecule has 0 saturated carbocycles. The molecule has 0 aliphatic carbocycles. The van der Waals surface area contributed by atoms with Crippen LogP contribution in [0.25, 0.3) is 0 Å². The van der Waals surface area contributed by atoms with E-state index in [-0.39, 0.29) is 24.5 Å². The van der Waals surface area contributed by atoms with Crippen molar-refractivity contribution in [1.82, 2.24) is 0 Å². The molecular formula is C11H12N2O6. The number of carbonyl (C=O) groups is 1. The third kappa shape index (κ3) is 2.58. The molecule has 0 fully saturated rings. The number of hydrogen-bond donors (Lipinski definition) is 1. The van der Waals surface area contributed by atoms with E-state index in [1.54, 1.807) is 0 Å². The number of carbonyl (C=O) groups excluding carboxylic acids is 1. The van der Waals surface area contributed by atoms with E-state index in [1.165, 1.54) is 19.2 Å². The Morgan fingerprint density at radius 2 is 2.16 bits per heavy atom. The highest BCUT2D eigenvalue weighted by Gasteiger charge is 2.27. The number of ether oxygens (including phenoxy) is 3. The average molecular weight is 268 g/mol. The van der Waals surface area contributed by atoms with Gasteiger partial charge in [0.15, 0.2) is 11.5 Å². The minimum absolute atomic E-state index is 0.00216. The average Bonchev–Trinajstić information content (AvgIpc) is 2.83. The van der Waals surface area contributed by atoms with Crippen molar-refractivity contribution in [3.05, 3.63) is 27.8 Å². The van der Waals surface area contributed by atoms with Crippen LogP contribution in [0.4, 0.5) is 5.69 Å². The van der Waals surface area contributed by atoms with Crippen molar-refractivity contribution in [2.75, 3.05) is 13.9 Å². The summed E-state index contributed by atoms with van der Waals surface area (Å²) in [6.45, 7) is 0.00216. The fourth-order valence-corrected chi connectivity index (χ4v) is 1.77. The fraction of sp³-hybridized carbons (Fsp3) is 0.364. The molecular weight excluding hydrogens is 256 g/mol. The van der Waals surface area contributed by atoms with Gasteiger partial charge >= 0.3 is 5.97 Å². The standard InChI is InChI=1S/C11H12N2O6/c1-17-11(14)3-7(12)6-2-9-10(19-5-18-9)4-8(6)13(15)16/h2,4,7H,3,5,12H2,1H3/t7-/m1/s1. The number of benzene rings is 1. The first-order chi connectivity index (χ1) is 9.02. The van der Waals surface area contributed by atoms with Crippen molar-refractivity contribution < 1.29 is 23.9 Å². The molecule has 1 aliphatic heterocycles. The van der Waals surface area contributed by atoms with E-state index in [9.17, 15) is 14.9 Å². The van der Waals surface area contributed by atoms with Gasteiger partial charge in [0, 0.05) is 6.04 Å². The summed E-state index contributed by atoms with van der Waals surface area (Å²) in [5, 5.41) is 11.0. The number of hydrogen-bond acceptors (Lipinski definition) is 7. The van der Waals surface area contributed by atoms with E-state index in [4.69, 9.17) is 15.2 Å². The monoisotopic (exact) mass is 268 g/mol. The van der Waals surface area contributed by atoms with Crippen molar-refractivity contribution in [3.8, 4) is 11.5 Å². The van der Waals surface area contributed by atoms with Gasteiger partial charge in [-0.15, -0.1) is 0 Å². The van der Waals surface area contributed by atoms with Gasteiger partial charge in [-0.1, -0.05) is 0 Å². The molecule has 102 valence electrons. The van der Waals surface area contributed by atoms with Crippen LogP contribution >= 0.6 is 0 Å². The maximum absolute atomic E-state index is 11.2. The molecule has 2 rings (SSSR count). The molecule has 1 aromatic carbocycles. The number of rotatable bonds is 4. The van der Waals surface area contributed by atoms with Crippen molar-refractivity contribution in [2.24, 2.45) is 5.73 Å². The van der Waals surface area contributed by atoms with Gasteiger partial charge < -0.3 is 19.9 Å². The van der Waals surface area contributed by atoms with Crippen LogP contribution in [-0.2, 0) is 9.53 Å². The Morgan fingerprint density at radius 3 is 2.74 bits per heavy atom. The van der Waals surface area contributed by atoms with E-state index >= 15 is 0 Å². The van der Waals surface area contributed by atoms with E-state index in [0.29, 0.717) is 11.5 Å². The Balaban J connectivity index is 2.37. The molecule has 0 saturated heterocycles. The Labute approximate surface area is 108 Å². The van der Waals surface area contributed by atoms with Crippen LogP contribution in [0.3, 0.4) is 0 Å². The molecule has 2 N–H and O–H groups in total. The highest BCUT2D eigenvalue weighted by Crippen LogP contribution is 2.40. The zero-order chi connectivity index (χ0) is 14.0. The summed E-state index contributed by atoms with van der Waals surface area (Å²) in [6.07, 6.45) is -0.156. The van der Waals surface area contributed by atoms with Crippen LogP contribution < -0.4 is 15.2 Å². The molecule has 1 aliphatic rings. The van der Waals surface area contributed by atoms with Gasteiger partial charge in [0.2, 0.25) is 6.79 Å². The second-order valence-electron chi connectivity index (χ2n) is 3.91. The zero-order valence-electron chi connectivity index (χ0n) is 10.1. The topological polar surface area (TPSA) is 114 Å². The summed E-state index contributed by atoms with van der Waals surface area (Å²) in [5.74, 6) is 0.126. The first-order valence-electron chi connectivity index (χ1n) is 5.43. The van der Waals surface area contributed by atoms with Crippen molar-refractivity contribution in [2.45, 2.75) is 12.5 Å². The lowest BCUT2D eigenvalue weighted by Crippen LogP contribution is -2.17. The molecule has 0 radical (unpaired) electrons. The Bertz CT molecular complexity index is 530. The molecule has 8 heteroatoms. The molecule has 19 heavy (non-hydrogen) atoms. The number of esters is 1. The third-order valence-corrected chi connectivity index (χ3v) is 2.73. The Hall–Kier alpha value is -2.35. The lowest BCUT2D eigenvalue weighted by molar-refractivity contribution is -0.385. The van der Waals surface area contributed by atoms with Gasteiger partial charge in [-0.3, -0.25) is 14.9 Å². The Morgan fingerprint density at radius 1 is 1.53 bits per heavy atom. The van der Waals surface area contributed by atoms with Crippen molar-refractivity contribution >= 4 is 11.7 Å². The first-order valence-corrected chi connectivity index (χ1v) is 5.43. The van der Waals surface area contributed by atoms with Crippen LogP contribution in [0.15, 0.2) is 12.1 Å². The highest BCUT2D eigenvalue weighted by molar-refractivity contribution is 5.71. The van der Waals surface area contributed by atoms with Crippen LogP contribution in [-0.4, -0.2) is 24.8 Å². The number of nitrogens with zero attached hydrogens (tertiary/aromatic N) is 1. The summed E-state index contributed by atoms with van der Waals surface area (Å²) >= 11 is 0. The van der Waals surface area contributed by atoms with Crippen LogP contribution in [0, 0.1) is 10.1 Å². The zero-order valence-corrected chi connectivity index (χ0v) is 10.1. The summed E-state index contributed by atoms with van der Waals surface area (Å²) in [5.41, 5.74) is 5.80. The largest absolute Gasteiger partial charge is 0.469 e. The maximum Gasteiger partial charge on any atom is 0.307 e. The van der Waals surface area contributed by atoms with Gasteiger partial charge in [-0.25, -0.2) is 0 Å². The van der Waals surface area contributed by atoms with Gasteiger partial charge in [0.1, 0.15) is 0 Å². The summed E-state index contributed by atoms with van der Waals surface area (Å²) < 4.78 is 14.7. The lowest BCUT2D eigenvalue weighted by atomic mass is 10.0. The van der Waals surface area contributed by atoms with Gasteiger partial charge in [0.05, 0.1) is 30.1 Å². The van der Waals surface area contributed by atoms with Crippen LogP contribution in [0.5, 0.6) is 11.5 Å². The summed E-state index contributed by atoms with van der Waals surface area (Å²) in [4.78, 5) is 21.6. The third-order valence-electron chi connectivity index (χ3n) is 2.73. The SMILES string of the molecule is COC(=O)C[C@@H](N)c1cc2c(cc1[N+](=O)[O-])OCO2. The van der Waals surface area contributed by atoms with Crippen LogP contribution in [0.2, 0.25) is 0 Å². The van der Waals surface area contributed by atoms with Crippen LogP contribution in [0.1, 0.15) is 18.0 Å². The number of fused-ring (bicyclic) bond motifs is 1. The highest BCUT2D eigenvalue weighted by atomic mass is 16.7. The molecule has 0 amide bonds. The van der Waals surface area contributed by atoms with Gasteiger partial charge in [-0.05, 0) is 6.07 Å². The maximum atomic E-state index is 11.2. The van der Waals surface area contributed by atoms with Gasteiger partial charge in [0.25, 0.3) is 5.69 Å². The minimum Gasteiger partial charge on any atom is -0.469 e. The second-order valence-corrected chi connectivity index (χ2v) is 3.91. The number of nitro groups is 1. The Kier molecular flexibility index (Phi) is 3.52.